The lowest BCUT2D eigenvalue weighted by atomic mass is 10.1. The Balaban J connectivity index is 2.04. The van der Waals surface area contributed by atoms with Crippen molar-refractivity contribution in [3.8, 4) is 11.5 Å². The van der Waals surface area contributed by atoms with Gasteiger partial charge in [0.15, 0.2) is 11.5 Å². The summed E-state index contributed by atoms with van der Waals surface area (Å²) in [5.41, 5.74) is 3.06. The maximum atomic E-state index is 13.3. The number of rotatable bonds is 9. The number of anilines is 1. The van der Waals surface area contributed by atoms with E-state index in [1.165, 1.54) is 30.7 Å². The largest absolute Gasteiger partial charge is 0.493 e. The van der Waals surface area contributed by atoms with Gasteiger partial charge < -0.3 is 14.8 Å². The van der Waals surface area contributed by atoms with Gasteiger partial charge in [-0.15, -0.1) is 0 Å². The second-order valence-electron chi connectivity index (χ2n) is 7.79. The predicted octanol–water partition coefficient (Wildman–Crippen LogP) is 4.56. The topological polar surface area (TPSA) is 84.9 Å². The summed E-state index contributed by atoms with van der Waals surface area (Å²) in [6.45, 7) is 2.27. The number of hydrogen-bond donors (Lipinski definition) is 1. The Morgan fingerprint density at radius 3 is 2.06 bits per heavy atom. The molecule has 0 saturated heterocycles. The number of nitrogens with one attached hydrogen (secondary N) is 1. The van der Waals surface area contributed by atoms with E-state index in [0.29, 0.717) is 22.1 Å². The zero-order valence-corrected chi connectivity index (χ0v) is 21.0. The van der Waals surface area contributed by atoms with Gasteiger partial charge in [-0.1, -0.05) is 53.6 Å². The summed E-state index contributed by atoms with van der Waals surface area (Å²) in [6, 6.07) is 17.6. The number of carbonyl (C=O) groups excluding carboxylic acids is 1. The molecule has 3 aromatic carbocycles. The third kappa shape index (κ3) is 6.21. The fourth-order valence-corrected chi connectivity index (χ4v) is 4.39. The fraction of sp³-hybridized carbons (Fsp3) is 0.240. The Hall–Kier alpha value is -3.23. The molecule has 7 nitrogen and oxygen atoms in total. The van der Waals surface area contributed by atoms with Crippen LogP contribution in [-0.4, -0.2) is 34.8 Å². The lowest BCUT2D eigenvalue weighted by Gasteiger charge is -2.26. The number of sulfonamides is 1. The molecule has 3 aromatic rings. The molecular formula is C25H27ClN2O5S. The molecule has 1 amide bonds. The van der Waals surface area contributed by atoms with Crippen LogP contribution in [0.5, 0.6) is 11.5 Å². The van der Waals surface area contributed by atoms with Crippen LogP contribution in [0.15, 0.2) is 60.7 Å². The van der Waals surface area contributed by atoms with Gasteiger partial charge in [-0.2, -0.15) is 0 Å². The summed E-state index contributed by atoms with van der Waals surface area (Å²) >= 11 is 5.97. The molecule has 0 bridgehead atoms. The van der Waals surface area contributed by atoms with Crippen LogP contribution in [0, 0.1) is 6.92 Å². The minimum atomic E-state index is -3.77. The fourth-order valence-electron chi connectivity index (χ4n) is 3.38. The third-order valence-corrected chi connectivity index (χ3v) is 6.61. The molecule has 0 atom stereocenters. The van der Waals surface area contributed by atoms with Crippen LogP contribution >= 0.6 is 11.6 Å². The third-order valence-electron chi connectivity index (χ3n) is 5.23. The van der Waals surface area contributed by atoms with Crippen LogP contribution in [0.3, 0.4) is 0 Å². The van der Waals surface area contributed by atoms with E-state index in [1.807, 2.05) is 31.2 Å². The zero-order chi connectivity index (χ0) is 24.9. The monoisotopic (exact) mass is 502 g/mol. The Morgan fingerprint density at radius 2 is 1.50 bits per heavy atom. The molecule has 0 spiro atoms. The van der Waals surface area contributed by atoms with Crippen LogP contribution in [-0.2, 0) is 23.1 Å². The Morgan fingerprint density at radius 1 is 0.941 bits per heavy atom. The van der Waals surface area contributed by atoms with Gasteiger partial charge in [0.2, 0.25) is 10.0 Å². The van der Waals surface area contributed by atoms with Gasteiger partial charge in [0.05, 0.1) is 38.3 Å². The first-order valence-electron chi connectivity index (χ1n) is 10.4. The first-order chi connectivity index (χ1) is 16.1. The molecule has 9 heteroatoms. The first kappa shape index (κ1) is 25.4. The van der Waals surface area contributed by atoms with Gasteiger partial charge in [0.1, 0.15) is 0 Å². The number of nitrogens with zero attached hydrogens (tertiary/aromatic N) is 1. The van der Waals surface area contributed by atoms with Crippen LogP contribution in [0.2, 0.25) is 5.02 Å². The van der Waals surface area contributed by atoms with Gasteiger partial charge in [-0.3, -0.25) is 9.10 Å². The molecule has 0 heterocycles. The van der Waals surface area contributed by atoms with Crippen molar-refractivity contribution in [1.29, 1.82) is 0 Å². The highest BCUT2D eigenvalue weighted by atomic mass is 35.5. The molecule has 0 aliphatic rings. The first-order valence-corrected chi connectivity index (χ1v) is 12.7. The number of ether oxygens (including phenoxy) is 2. The molecule has 34 heavy (non-hydrogen) atoms. The second kappa shape index (κ2) is 10.8. The second-order valence-corrected chi connectivity index (χ2v) is 10.1. The lowest BCUT2D eigenvalue weighted by Crippen LogP contribution is -2.32. The van der Waals surface area contributed by atoms with E-state index >= 15 is 0 Å². The van der Waals surface area contributed by atoms with Crippen molar-refractivity contribution in [2.24, 2.45) is 0 Å². The van der Waals surface area contributed by atoms with Crippen molar-refractivity contribution in [3.05, 3.63) is 87.9 Å². The number of halogens is 1. The van der Waals surface area contributed by atoms with Crippen molar-refractivity contribution in [2.45, 2.75) is 20.0 Å². The van der Waals surface area contributed by atoms with Crippen LogP contribution in [0.25, 0.3) is 0 Å². The van der Waals surface area contributed by atoms with Gasteiger partial charge in [0.25, 0.3) is 5.91 Å². The minimum absolute atomic E-state index is 0.00370. The smallest absolute Gasteiger partial charge is 0.253 e. The summed E-state index contributed by atoms with van der Waals surface area (Å²) in [6.07, 6.45) is 1.09. The molecule has 180 valence electrons. The number of aryl methyl sites for hydroxylation is 1. The van der Waals surface area contributed by atoms with Crippen molar-refractivity contribution in [3.63, 3.8) is 0 Å². The highest BCUT2D eigenvalue weighted by molar-refractivity contribution is 7.92. The Bertz CT molecular complexity index is 1260. The number of amides is 1. The van der Waals surface area contributed by atoms with Crippen LogP contribution < -0.4 is 19.1 Å². The van der Waals surface area contributed by atoms with Crippen LogP contribution in [0.4, 0.5) is 5.69 Å². The molecule has 1 N–H and O–H groups in total. The van der Waals surface area contributed by atoms with Crippen molar-refractivity contribution >= 4 is 33.2 Å². The van der Waals surface area contributed by atoms with E-state index in [0.717, 1.165) is 17.4 Å². The van der Waals surface area contributed by atoms with Crippen molar-refractivity contribution in [1.82, 2.24) is 5.32 Å². The number of methoxy groups -OCH3 is 2. The molecule has 0 radical (unpaired) electrons. The molecule has 0 aliphatic heterocycles. The minimum Gasteiger partial charge on any atom is -0.493 e. The number of hydrogen-bond acceptors (Lipinski definition) is 5. The number of carbonyl (C=O) groups is 1. The van der Waals surface area contributed by atoms with Crippen LogP contribution in [0.1, 0.15) is 27.0 Å². The predicted molar refractivity (Wildman–Crippen MR) is 134 cm³/mol. The van der Waals surface area contributed by atoms with Crippen molar-refractivity contribution in [2.75, 3.05) is 24.8 Å². The quantitative estimate of drug-likeness (QED) is 0.463. The molecule has 0 fully saturated rings. The Kier molecular flexibility index (Phi) is 8.06. The average molecular weight is 503 g/mol. The lowest BCUT2D eigenvalue weighted by molar-refractivity contribution is 0.0951. The van der Waals surface area contributed by atoms with E-state index in [1.54, 1.807) is 24.3 Å². The molecule has 0 saturated carbocycles. The average Bonchev–Trinajstić information content (AvgIpc) is 2.81. The maximum absolute atomic E-state index is 13.3. The summed E-state index contributed by atoms with van der Waals surface area (Å²) in [7, 11) is -0.876. The summed E-state index contributed by atoms with van der Waals surface area (Å²) < 4.78 is 37.6. The van der Waals surface area contributed by atoms with Gasteiger partial charge in [-0.05, 0) is 36.2 Å². The van der Waals surface area contributed by atoms with Crippen molar-refractivity contribution < 1.29 is 22.7 Å². The summed E-state index contributed by atoms with van der Waals surface area (Å²) in [5.74, 6) is 0.172. The standard InChI is InChI=1S/C25H27ClN2O5S/c1-17-5-7-18(8-6-17)15-27-25(29)21-13-23(32-2)24(33-3)14-22(21)28(34(4,30)31)16-19-9-11-20(26)12-10-19/h5-14H,15-16H2,1-4H3,(H,27,29). The Labute approximate surface area is 205 Å². The molecule has 0 aliphatic carbocycles. The van der Waals surface area contributed by atoms with Gasteiger partial charge >= 0.3 is 0 Å². The van der Waals surface area contributed by atoms with E-state index in [2.05, 4.69) is 5.32 Å². The highest BCUT2D eigenvalue weighted by Crippen LogP contribution is 2.37. The van der Waals surface area contributed by atoms with Gasteiger partial charge in [-0.25, -0.2) is 8.42 Å². The van der Waals surface area contributed by atoms with E-state index in [-0.39, 0.29) is 24.3 Å². The van der Waals surface area contributed by atoms with Gasteiger partial charge in [0, 0.05) is 17.6 Å². The zero-order valence-electron chi connectivity index (χ0n) is 19.5. The molecular weight excluding hydrogens is 476 g/mol. The highest BCUT2D eigenvalue weighted by Gasteiger charge is 2.26. The number of benzene rings is 3. The maximum Gasteiger partial charge on any atom is 0.253 e. The molecule has 0 aromatic heterocycles. The molecule has 0 unspecified atom stereocenters. The normalized spacial score (nSPS) is 11.1. The summed E-state index contributed by atoms with van der Waals surface area (Å²) in [5, 5.41) is 3.41. The van der Waals surface area contributed by atoms with E-state index in [4.69, 9.17) is 21.1 Å². The summed E-state index contributed by atoms with van der Waals surface area (Å²) in [4.78, 5) is 13.3. The molecule has 3 rings (SSSR count). The van der Waals surface area contributed by atoms with E-state index in [9.17, 15) is 13.2 Å². The SMILES string of the molecule is COc1cc(C(=O)NCc2ccc(C)cc2)c(N(Cc2ccc(Cl)cc2)S(C)(=O)=O)cc1OC. The van der Waals surface area contributed by atoms with E-state index < -0.39 is 15.9 Å².